The number of carbonyl (C=O) groups is 4. The third-order valence-corrected chi connectivity index (χ3v) is 10.4. The lowest BCUT2D eigenvalue weighted by Gasteiger charge is -2.58. The maximum atomic E-state index is 12.8. The molecule has 0 aliphatic carbocycles. The van der Waals surface area contributed by atoms with Gasteiger partial charge in [-0.15, -0.1) is 10.1 Å². The number of piperidine rings is 2. The molecule has 12 nitrogen and oxygen atoms in total. The Balaban J connectivity index is 2.52. The number of carboxylic acid groups (broad SMARTS) is 2. The first-order valence-electron chi connectivity index (χ1n) is 17.6. The van der Waals surface area contributed by atoms with Crippen LogP contribution in [0.4, 0.5) is 9.59 Å². The Kier molecular flexibility index (Phi) is 13.6. The fourth-order valence-corrected chi connectivity index (χ4v) is 8.58. The largest absolute Gasteiger partial charge is 0.480 e. The molecule has 12 heteroatoms. The molecule has 2 aliphatic rings. The number of hydrogen-bond donors (Lipinski definition) is 4. The summed E-state index contributed by atoms with van der Waals surface area (Å²) in [5.74, 6) is -3.10. The molecule has 2 fully saturated rings. The van der Waals surface area contributed by atoms with Crippen LogP contribution in [0.1, 0.15) is 140 Å². The van der Waals surface area contributed by atoms with Gasteiger partial charge in [-0.1, -0.05) is 33.6 Å². The van der Waals surface area contributed by atoms with Crippen molar-refractivity contribution in [3.63, 3.8) is 0 Å². The first kappa shape index (κ1) is 40.6. The highest BCUT2D eigenvalue weighted by atomic mass is 16.7. The minimum atomic E-state index is -1.95. The van der Waals surface area contributed by atoms with Gasteiger partial charge in [-0.25, -0.2) is 9.59 Å². The van der Waals surface area contributed by atoms with Crippen LogP contribution in [-0.4, -0.2) is 79.7 Å². The topological polar surface area (TPSA) is 158 Å². The zero-order chi connectivity index (χ0) is 36.0. The summed E-state index contributed by atoms with van der Waals surface area (Å²) in [6.45, 7) is 22.9. The molecule has 2 rings (SSSR count). The molecule has 2 saturated heterocycles. The van der Waals surface area contributed by atoms with Crippen LogP contribution in [-0.2, 0) is 19.3 Å². The molecule has 0 saturated carbocycles. The van der Waals surface area contributed by atoms with Gasteiger partial charge in [-0.05, 0) is 125 Å². The Hall–Kier alpha value is -2.60. The van der Waals surface area contributed by atoms with Crippen molar-refractivity contribution in [3.05, 3.63) is 0 Å². The van der Waals surface area contributed by atoms with Crippen LogP contribution < -0.4 is 10.6 Å². The lowest BCUT2D eigenvalue weighted by molar-refractivity contribution is -0.264. The van der Waals surface area contributed by atoms with Crippen LogP contribution in [0, 0.1) is 23.2 Å². The van der Waals surface area contributed by atoms with Crippen LogP contribution in [0.5, 0.6) is 0 Å². The molecule has 2 aliphatic heterocycles. The van der Waals surface area contributed by atoms with Crippen LogP contribution >= 0.6 is 0 Å². The van der Waals surface area contributed by atoms with Crippen LogP contribution in [0.3, 0.4) is 0 Å². The smallest absolute Gasteiger partial charge is 0.426 e. The Morgan fingerprint density at radius 2 is 1.00 bits per heavy atom. The first-order chi connectivity index (χ1) is 21.6. The van der Waals surface area contributed by atoms with E-state index in [1.165, 1.54) is 0 Å². The van der Waals surface area contributed by atoms with Crippen molar-refractivity contribution in [3.8, 4) is 0 Å². The Labute approximate surface area is 282 Å². The minimum Gasteiger partial charge on any atom is -0.480 e. The number of hydroxylamine groups is 4. The van der Waals surface area contributed by atoms with Gasteiger partial charge in [0.05, 0.1) is 22.2 Å². The van der Waals surface area contributed by atoms with Crippen molar-refractivity contribution in [2.24, 2.45) is 23.2 Å². The van der Waals surface area contributed by atoms with Crippen molar-refractivity contribution in [1.29, 1.82) is 0 Å². The lowest BCUT2D eigenvalue weighted by atomic mass is 9.58. The van der Waals surface area contributed by atoms with Gasteiger partial charge in [0.25, 0.3) is 0 Å². The predicted molar refractivity (Wildman–Crippen MR) is 180 cm³/mol. The number of aliphatic carboxylic acids is 2. The third-order valence-electron chi connectivity index (χ3n) is 10.4. The highest BCUT2D eigenvalue weighted by molar-refractivity contribution is 5.98. The summed E-state index contributed by atoms with van der Waals surface area (Å²) in [7, 11) is 0. The second kappa shape index (κ2) is 15.7. The number of carboxylic acids is 2. The molecule has 0 aromatic rings. The molecule has 4 N–H and O–H groups in total. The van der Waals surface area contributed by atoms with Gasteiger partial charge in [-0.3, -0.25) is 9.59 Å². The summed E-state index contributed by atoms with van der Waals surface area (Å²) in [4.78, 5) is 62.9. The molecule has 272 valence electrons. The van der Waals surface area contributed by atoms with E-state index >= 15 is 0 Å². The molecular weight excluding hydrogens is 604 g/mol. The zero-order valence-corrected chi connectivity index (χ0v) is 31.0. The van der Waals surface area contributed by atoms with Gasteiger partial charge in [-0.2, -0.15) is 0 Å². The van der Waals surface area contributed by atoms with Crippen molar-refractivity contribution in [2.75, 3.05) is 13.1 Å². The normalized spacial score (nSPS) is 21.6. The number of rotatable bonds is 15. The molecule has 0 unspecified atom stereocenters. The lowest BCUT2D eigenvalue weighted by Crippen LogP contribution is -2.65. The molecule has 47 heavy (non-hydrogen) atoms. The quantitative estimate of drug-likeness (QED) is 0.106. The van der Waals surface area contributed by atoms with Gasteiger partial charge >= 0.3 is 24.1 Å². The third kappa shape index (κ3) is 9.74. The SMILES string of the molecule is CCCCNC(=O)ON1C(C)(C)CC(C(CC(CC)(C(=O)O)C(=O)O)C2CC(C)(C)N(OC(=O)NCCCC)C(C)(C)C2)CC1(C)C. The highest BCUT2D eigenvalue weighted by Crippen LogP contribution is 2.54. The van der Waals surface area contributed by atoms with Crippen molar-refractivity contribution >= 4 is 24.1 Å². The summed E-state index contributed by atoms with van der Waals surface area (Å²) in [5, 5.41) is 29.9. The summed E-state index contributed by atoms with van der Waals surface area (Å²) < 4.78 is 0. The van der Waals surface area contributed by atoms with Gasteiger partial charge in [0, 0.05) is 13.1 Å². The van der Waals surface area contributed by atoms with E-state index in [1.54, 1.807) is 17.1 Å². The standard InChI is InChI=1S/C35H64N4O8/c1-12-15-17-36-29(44)46-38-31(4,5)19-24(20-32(38,6)7)26(23-35(14-3,27(40)41)28(42)43)25-21-33(8,9)39(34(10,11)22-25)47-30(45)37-18-16-13-2/h24-26H,12-23H2,1-11H3,(H,36,44)(H,37,45)(H,40,41)(H,42,43). The summed E-state index contributed by atoms with van der Waals surface area (Å²) in [6, 6.07) is 0. The van der Waals surface area contributed by atoms with E-state index in [2.05, 4.69) is 10.6 Å². The number of amides is 2. The van der Waals surface area contributed by atoms with E-state index < -0.39 is 51.7 Å². The van der Waals surface area contributed by atoms with Gasteiger partial charge < -0.3 is 30.5 Å². The zero-order valence-electron chi connectivity index (χ0n) is 31.0. The molecule has 2 heterocycles. The average molecular weight is 669 g/mol. The molecule has 0 aromatic heterocycles. The van der Waals surface area contributed by atoms with Crippen molar-refractivity contribution in [1.82, 2.24) is 20.8 Å². The molecule has 0 bridgehead atoms. The van der Waals surface area contributed by atoms with E-state index in [1.807, 2.05) is 69.2 Å². The molecule has 0 spiro atoms. The number of hydrogen-bond acceptors (Lipinski definition) is 8. The fraction of sp³-hybridized carbons (Fsp3) is 0.886. The number of unbranched alkanes of at least 4 members (excludes halogenated alkanes) is 2. The molecule has 0 atom stereocenters. The van der Waals surface area contributed by atoms with E-state index in [-0.39, 0.29) is 30.6 Å². The number of carbonyl (C=O) groups excluding carboxylic acids is 2. The second-order valence-electron chi connectivity index (χ2n) is 16.4. The van der Waals surface area contributed by atoms with Crippen LogP contribution in [0.2, 0.25) is 0 Å². The highest BCUT2D eigenvalue weighted by Gasteiger charge is 2.57. The number of nitrogens with one attached hydrogen (secondary N) is 2. The van der Waals surface area contributed by atoms with Gasteiger partial charge in [0.1, 0.15) is 0 Å². The number of nitrogens with zero attached hydrogens (tertiary/aromatic N) is 2. The molecule has 2 amide bonds. The minimum absolute atomic E-state index is 0.0292. The molecule has 0 radical (unpaired) electrons. The van der Waals surface area contributed by atoms with Crippen LogP contribution in [0.15, 0.2) is 0 Å². The molecular formula is C35H64N4O8. The first-order valence-corrected chi connectivity index (χ1v) is 17.6. The maximum Gasteiger partial charge on any atom is 0.426 e. The average Bonchev–Trinajstić information content (AvgIpc) is 2.92. The van der Waals surface area contributed by atoms with Crippen molar-refractivity contribution < 1.29 is 39.1 Å². The Morgan fingerprint density at radius 3 is 1.26 bits per heavy atom. The van der Waals surface area contributed by atoms with E-state index in [0.717, 1.165) is 25.7 Å². The predicted octanol–water partition coefficient (Wildman–Crippen LogP) is 6.98. The summed E-state index contributed by atoms with van der Waals surface area (Å²) in [6.07, 6.45) is 4.76. The fourth-order valence-electron chi connectivity index (χ4n) is 8.58. The van der Waals surface area contributed by atoms with E-state index in [0.29, 0.717) is 38.8 Å². The van der Waals surface area contributed by atoms with Gasteiger partial charge in [0.2, 0.25) is 0 Å². The summed E-state index contributed by atoms with van der Waals surface area (Å²) >= 11 is 0. The summed E-state index contributed by atoms with van der Waals surface area (Å²) in [5.41, 5.74) is -4.45. The Bertz CT molecular complexity index is 991. The monoisotopic (exact) mass is 668 g/mol. The Morgan fingerprint density at radius 1 is 0.681 bits per heavy atom. The maximum absolute atomic E-state index is 12.8. The second-order valence-corrected chi connectivity index (χ2v) is 16.4. The van der Waals surface area contributed by atoms with E-state index in [4.69, 9.17) is 9.68 Å². The van der Waals surface area contributed by atoms with Crippen LogP contribution in [0.25, 0.3) is 0 Å². The molecule has 0 aromatic carbocycles. The van der Waals surface area contributed by atoms with Gasteiger partial charge in [0.15, 0.2) is 5.41 Å². The van der Waals surface area contributed by atoms with E-state index in [9.17, 15) is 29.4 Å². The van der Waals surface area contributed by atoms with Crippen molar-refractivity contribution in [2.45, 2.75) is 163 Å².